The fourth-order valence-corrected chi connectivity index (χ4v) is 2.35. The maximum atomic E-state index is 3.28. The van der Waals surface area contributed by atoms with Gasteiger partial charge in [0.15, 0.2) is 0 Å². The zero-order valence-electron chi connectivity index (χ0n) is 7.91. The monoisotopic (exact) mass is 294 g/mol. The molecule has 0 saturated carbocycles. The van der Waals surface area contributed by atoms with Crippen LogP contribution in [0.5, 0.6) is 0 Å². The Morgan fingerprint density at radius 1 is 1.00 bits per heavy atom. The summed E-state index contributed by atoms with van der Waals surface area (Å²) >= 11 is 1.35. The molecule has 0 spiro atoms. The van der Waals surface area contributed by atoms with Crippen LogP contribution in [0.15, 0.2) is 12.1 Å². The van der Waals surface area contributed by atoms with Crippen LogP contribution in [-0.2, 0) is 25.0 Å². The number of hydrogen-bond donors (Lipinski definition) is 1. The zero-order chi connectivity index (χ0) is 8.43. The molecule has 0 saturated heterocycles. The fraction of sp³-hybridized carbons (Fsp3) is 0.333. The molecule has 0 radical (unpaired) electrons. The molecule has 0 unspecified atom stereocenters. The maximum absolute atomic E-state index is 3.28. The van der Waals surface area contributed by atoms with Crippen molar-refractivity contribution >= 4 is 5.69 Å². The van der Waals surface area contributed by atoms with E-state index in [1.165, 1.54) is 47.4 Å². The quantitative estimate of drug-likeness (QED) is 0.567. The van der Waals surface area contributed by atoms with E-state index in [2.05, 4.69) is 36.2 Å². The van der Waals surface area contributed by atoms with Crippen LogP contribution in [0, 0.1) is 20.8 Å². The first kappa shape index (κ1) is 15.9. The van der Waals surface area contributed by atoms with Crippen LogP contribution >= 0.6 is 0 Å². The minimum Gasteiger partial charge on any atom is -1.00 e. The van der Waals surface area contributed by atoms with E-state index in [1.807, 2.05) is 0 Å². The number of nitrogens with one attached hydrogen (secondary N) is 1. The molecule has 1 aromatic rings. The molecule has 0 fully saturated rings. The van der Waals surface area contributed by atoms with Gasteiger partial charge < -0.3 is 24.8 Å². The molecule has 0 atom stereocenters. The van der Waals surface area contributed by atoms with Gasteiger partial charge in [-0.25, -0.2) is 0 Å². The summed E-state index contributed by atoms with van der Waals surface area (Å²) in [6, 6.07) is 4.42. The first-order valence-electron chi connectivity index (χ1n) is 3.65. The van der Waals surface area contributed by atoms with Gasteiger partial charge in [-0.05, 0) is 0 Å². The smallest absolute Gasteiger partial charge is 1.00 e. The second kappa shape index (κ2) is 6.87. The molecule has 1 N–H and O–H groups in total. The number of anilines is 1. The molecule has 0 aliphatic heterocycles. The Morgan fingerprint density at radius 2 is 1.38 bits per heavy atom. The molecule has 0 heterocycles. The summed E-state index contributed by atoms with van der Waals surface area (Å²) < 4.78 is 3.28. The van der Waals surface area contributed by atoms with Gasteiger partial charge in [-0.1, -0.05) is 0 Å². The minimum atomic E-state index is 0. The largest absolute Gasteiger partial charge is 1.00 e. The van der Waals surface area contributed by atoms with E-state index < -0.39 is 0 Å². The van der Waals surface area contributed by atoms with Gasteiger partial charge >= 0.3 is 83.6 Å². The molecule has 0 aromatic heterocycles. The number of rotatable bonds is 1. The molecule has 0 aliphatic rings. The molecule has 1 nitrogen and oxygen atoms in total. The van der Waals surface area contributed by atoms with E-state index in [9.17, 15) is 0 Å². The topological polar surface area (TPSA) is 12.0 Å². The van der Waals surface area contributed by atoms with Crippen LogP contribution in [0.25, 0.3) is 0 Å². The van der Waals surface area contributed by atoms with Gasteiger partial charge in [-0.15, -0.1) is 0 Å². The molecule has 13 heavy (non-hydrogen) atoms. The summed E-state index contributed by atoms with van der Waals surface area (Å²) in [5.41, 5.74) is 5.34. The predicted molar refractivity (Wildman–Crippen MR) is 44.3 cm³/mol. The Kier molecular flexibility index (Phi) is 8.42. The Bertz CT molecular complexity index is 253. The van der Waals surface area contributed by atoms with Gasteiger partial charge in [-0.2, -0.15) is 0 Å². The molecule has 0 aliphatic carbocycles. The third-order valence-electron chi connectivity index (χ3n) is 1.80. The predicted octanol–water partition coefficient (Wildman–Crippen LogP) is -3.51. The van der Waals surface area contributed by atoms with Crippen LogP contribution in [0.1, 0.15) is 16.7 Å². The summed E-state index contributed by atoms with van der Waals surface area (Å²) in [7, 11) is 0. The Morgan fingerprint density at radius 3 is 1.69 bits per heavy atom. The first-order chi connectivity index (χ1) is 5.15. The van der Waals surface area contributed by atoms with E-state index in [0.29, 0.717) is 0 Å². The van der Waals surface area contributed by atoms with Gasteiger partial charge in [0.25, 0.3) is 0 Å². The van der Waals surface area contributed by atoms with E-state index in [0.717, 1.165) is 0 Å². The zero-order valence-corrected chi connectivity index (χ0v) is 11.9. The average molecular weight is 296 g/mol. The Balaban J connectivity index is 0. The summed E-state index contributed by atoms with van der Waals surface area (Å²) in [5.74, 6) is 0. The van der Waals surface area contributed by atoms with Gasteiger partial charge in [0.05, 0.1) is 0 Å². The molecular formula is C9H12Cl2NZr. The van der Waals surface area contributed by atoms with Crippen molar-refractivity contribution in [2.45, 2.75) is 20.8 Å². The van der Waals surface area contributed by atoms with Crippen molar-refractivity contribution in [3.63, 3.8) is 0 Å². The molecular weight excluding hydrogens is 284 g/mol. The average Bonchev–Trinajstić information content (AvgIpc) is 1.85. The molecule has 1 aromatic carbocycles. The normalized spacial score (nSPS) is 8.38. The third kappa shape index (κ3) is 4.02. The van der Waals surface area contributed by atoms with Gasteiger partial charge in [0, 0.05) is 0 Å². The van der Waals surface area contributed by atoms with Crippen LogP contribution < -0.4 is 28.1 Å². The van der Waals surface area contributed by atoms with E-state index >= 15 is 0 Å². The van der Waals surface area contributed by atoms with Crippen molar-refractivity contribution in [1.29, 1.82) is 0 Å². The Hall–Kier alpha value is 0.483. The maximum Gasteiger partial charge on any atom is -1.00 e. The number of hydrogen-bond acceptors (Lipinski definition) is 1. The second-order valence-corrected chi connectivity index (χ2v) is 3.51. The van der Waals surface area contributed by atoms with Gasteiger partial charge in [0.2, 0.25) is 0 Å². The van der Waals surface area contributed by atoms with Crippen molar-refractivity contribution in [3.05, 3.63) is 28.8 Å². The van der Waals surface area contributed by atoms with E-state index in [-0.39, 0.29) is 24.8 Å². The SMILES string of the molecule is Cc1cc(C)c([NH][Zr+2])c(C)c1.[Cl-].[Cl-]. The summed E-state index contributed by atoms with van der Waals surface area (Å²) in [5, 5.41) is 0. The van der Waals surface area contributed by atoms with Crippen LogP contribution in [0.2, 0.25) is 0 Å². The van der Waals surface area contributed by atoms with Gasteiger partial charge in [-0.3, -0.25) is 0 Å². The van der Waals surface area contributed by atoms with Crippen molar-refractivity contribution in [3.8, 4) is 0 Å². The van der Waals surface area contributed by atoms with Crippen molar-refractivity contribution in [2.75, 3.05) is 3.26 Å². The minimum absolute atomic E-state index is 0. The molecule has 4 heteroatoms. The van der Waals surface area contributed by atoms with Crippen LogP contribution in [-0.4, -0.2) is 0 Å². The van der Waals surface area contributed by atoms with E-state index in [1.54, 1.807) is 0 Å². The fourth-order valence-electron chi connectivity index (χ4n) is 1.38. The van der Waals surface area contributed by atoms with Crippen molar-refractivity contribution in [1.82, 2.24) is 0 Å². The standard InChI is InChI=1S/C9H12N.2ClH.Zr/c1-6-4-7(2)9(10)8(3)5-6;;;/h4-5,10H,1-3H3;2*1H;/q-1;;;+3/p-2. The first-order valence-corrected chi connectivity index (χ1v) is 4.88. The number of halogens is 2. The molecule has 1 rings (SSSR count). The summed E-state index contributed by atoms with van der Waals surface area (Å²) in [4.78, 5) is 0. The molecule has 71 valence electrons. The second-order valence-electron chi connectivity index (χ2n) is 2.90. The van der Waals surface area contributed by atoms with E-state index in [4.69, 9.17) is 0 Å². The number of aryl methyl sites for hydroxylation is 3. The number of benzene rings is 1. The third-order valence-corrected chi connectivity index (χ3v) is 2.42. The molecule has 0 bridgehead atoms. The summed E-state index contributed by atoms with van der Waals surface area (Å²) in [6.45, 7) is 6.42. The Labute approximate surface area is 108 Å². The van der Waals surface area contributed by atoms with Crippen molar-refractivity contribution in [2.24, 2.45) is 0 Å². The van der Waals surface area contributed by atoms with Crippen LogP contribution in [0.3, 0.4) is 0 Å². The van der Waals surface area contributed by atoms with Gasteiger partial charge in [0.1, 0.15) is 0 Å². The van der Waals surface area contributed by atoms with Crippen LogP contribution in [0.4, 0.5) is 5.69 Å². The summed E-state index contributed by atoms with van der Waals surface area (Å²) in [6.07, 6.45) is 0. The molecule has 0 amide bonds. The van der Waals surface area contributed by atoms with Crippen molar-refractivity contribution < 1.29 is 49.8 Å².